The Balaban J connectivity index is 2.23. The third-order valence-electron chi connectivity index (χ3n) is 3.90. The summed E-state index contributed by atoms with van der Waals surface area (Å²) in [6.07, 6.45) is 1.10. The molecule has 0 unspecified atom stereocenters. The lowest BCUT2D eigenvalue weighted by molar-refractivity contribution is 0.198. The predicted molar refractivity (Wildman–Crippen MR) is 77.9 cm³/mol. The Morgan fingerprint density at radius 3 is 2.33 bits per heavy atom. The summed E-state index contributed by atoms with van der Waals surface area (Å²) in [5, 5.41) is 0. The van der Waals surface area contributed by atoms with Crippen LogP contribution in [-0.2, 0) is 0 Å². The molecular formula is C15H25N3. The summed E-state index contributed by atoms with van der Waals surface area (Å²) < 4.78 is 0. The van der Waals surface area contributed by atoms with Gasteiger partial charge in [0.05, 0.1) is 6.04 Å². The summed E-state index contributed by atoms with van der Waals surface area (Å²) in [5.74, 6) is 0. The van der Waals surface area contributed by atoms with E-state index < -0.39 is 0 Å². The van der Waals surface area contributed by atoms with Gasteiger partial charge in [-0.3, -0.25) is 4.90 Å². The van der Waals surface area contributed by atoms with Crippen molar-refractivity contribution in [2.75, 3.05) is 25.5 Å². The van der Waals surface area contributed by atoms with E-state index in [-0.39, 0.29) is 6.04 Å². The lowest BCUT2D eigenvalue weighted by Crippen LogP contribution is -2.35. The normalized spacial score (nSPS) is 24.8. The molecule has 1 heterocycles. The molecule has 2 atom stereocenters. The zero-order valence-electron chi connectivity index (χ0n) is 11.9. The van der Waals surface area contributed by atoms with Crippen LogP contribution in [0.4, 0.5) is 5.69 Å². The molecule has 2 N–H and O–H groups in total. The van der Waals surface area contributed by atoms with E-state index in [2.05, 4.69) is 62.0 Å². The Morgan fingerprint density at radius 2 is 1.83 bits per heavy atom. The van der Waals surface area contributed by atoms with Crippen molar-refractivity contribution in [1.29, 1.82) is 0 Å². The second-order valence-corrected chi connectivity index (χ2v) is 5.71. The van der Waals surface area contributed by atoms with E-state index in [1.807, 2.05) is 0 Å². The van der Waals surface area contributed by atoms with Gasteiger partial charge in [-0.1, -0.05) is 12.1 Å². The van der Waals surface area contributed by atoms with Gasteiger partial charge in [0.25, 0.3) is 0 Å². The minimum atomic E-state index is 0.262. The van der Waals surface area contributed by atoms with Crippen molar-refractivity contribution in [2.24, 2.45) is 5.73 Å². The molecule has 0 bridgehead atoms. The van der Waals surface area contributed by atoms with Gasteiger partial charge in [0.2, 0.25) is 0 Å². The second-order valence-electron chi connectivity index (χ2n) is 5.71. The highest BCUT2D eigenvalue weighted by molar-refractivity contribution is 5.46. The van der Waals surface area contributed by atoms with Crippen LogP contribution in [0.1, 0.15) is 31.9 Å². The third kappa shape index (κ3) is 2.52. The van der Waals surface area contributed by atoms with Crippen molar-refractivity contribution in [2.45, 2.75) is 38.4 Å². The summed E-state index contributed by atoms with van der Waals surface area (Å²) >= 11 is 0. The van der Waals surface area contributed by atoms with E-state index in [0.29, 0.717) is 12.1 Å². The predicted octanol–water partition coefficient (Wildman–Crippen LogP) is 2.24. The zero-order chi connectivity index (χ0) is 13.3. The fourth-order valence-electron chi connectivity index (χ4n) is 2.83. The number of rotatable bonds is 3. The van der Waals surface area contributed by atoms with Gasteiger partial charge in [-0.2, -0.15) is 0 Å². The molecule has 0 amide bonds. The first kappa shape index (κ1) is 13.4. The Hall–Kier alpha value is -1.06. The first-order valence-corrected chi connectivity index (χ1v) is 6.79. The molecule has 1 aliphatic heterocycles. The molecule has 0 aromatic heterocycles. The smallest absolute Gasteiger partial charge is 0.0502 e. The highest BCUT2D eigenvalue weighted by Gasteiger charge is 2.34. The van der Waals surface area contributed by atoms with E-state index in [0.717, 1.165) is 13.0 Å². The van der Waals surface area contributed by atoms with Gasteiger partial charge in [0.15, 0.2) is 0 Å². The molecule has 1 aliphatic rings. The van der Waals surface area contributed by atoms with E-state index in [1.165, 1.54) is 11.3 Å². The van der Waals surface area contributed by atoms with Gasteiger partial charge >= 0.3 is 0 Å². The van der Waals surface area contributed by atoms with Crippen molar-refractivity contribution in [3.8, 4) is 0 Å². The Labute approximate surface area is 111 Å². The van der Waals surface area contributed by atoms with Crippen LogP contribution in [0.25, 0.3) is 0 Å². The summed E-state index contributed by atoms with van der Waals surface area (Å²) in [6.45, 7) is 5.61. The number of likely N-dealkylation sites (tertiary alicyclic amines) is 1. The van der Waals surface area contributed by atoms with Crippen LogP contribution in [0.2, 0.25) is 0 Å². The molecule has 1 fully saturated rings. The third-order valence-corrected chi connectivity index (χ3v) is 3.90. The molecule has 1 aromatic rings. The molecule has 2 rings (SSSR count). The summed E-state index contributed by atoms with van der Waals surface area (Å²) in [4.78, 5) is 4.63. The molecule has 0 aliphatic carbocycles. The van der Waals surface area contributed by atoms with Crippen LogP contribution < -0.4 is 10.6 Å². The van der Waals surface area contributed by atoms with Gasteiger partial charge in [-0.05, 0) is 38.0 Å². The molecular weight excluding hydrogens is 222 g/mol. The fraction of sp³-hybridized carbons (Fsp3) is 0.600. The maximum absolute atomic E-state index is 6.28. The largest absolute Gasteiger partial charge is 0.378 e. The van der Waals surface area contributed by atoms with E-state index in [9.17, 15) is 0 Å². The van der Waals surface area contributed by atoms with Gasteiger partial charge < -0.3 is 10.6 Å². The van der Waals surface area contributed by atoms with Crippen LogP contribution in [-0.4, -0.2) is 37.6 Å². The lowest BCUT2D eigenvalue weighted by atomic mass is 9.99. The maximum Gasteiger partial charge on any atom is 0.0502 e. The molecule has 100 valence electrons. The van der Waals surface area contributed by atoms with Crippen LogP contribution in [0.3, 0.4) is 0 Å². The van der Waals surface area contributed by atoms with Gasteiger partial charge in [0, 0.05) is 38.4 Å². The minimum Gasteiger partial charge on any atom is -0.378 e. The topological polar surface area (TPSA) is 32.5 Å². The Morgan fingerprint density at radius 1 is 1.22 bits per heavy atom. The van der Waals surface area contributed by atoms with E-state index >= 15 is 0 Å². The molecule has 0 radical (unpaired) electrons. The lowest BCUT2D eigenvalue weighted by Gasteiger charge is -2.30. The molecule has 3 heteroatoms. The average Bonchev–Trinajstić information content (AvgIpc) is 2.71. The molecule has 18 heavy (non-hydrogen) atoms. The van der Waals surface area contributed by atoms with Gasteiger partial charge in [0.1, 0.15) is 0 Å². The summed E-state index contributed by atoms with van der Waals surface area (Å²) in [5.41, 5.74) is 8.87. The number of hydrogen-bond acceptors (Lipinski definition) is 3. The van der Waals surface area contributed by atoms with Crippen LogP contribution in [0.5, 0.6) is 0 Å². The van der Waals surface area contributed by atoms with Gasteiger partial charge in [-0.25, -0.2) is 0 Å². The number of hydrogen-bond donors (Lipinski definition) is 1. The molecule has 1 saturated heterocycles. The van der Waals surface area contributed by atoms with Crippen molar-refractivity contribution < 1.29 is 0 Å². The Kier molecular flexibility index (Phi) is 3.93. The van der Waals surface area contributed by atoms with Crippen molar-refractivity contribution in [3.05, 3.63) is 29.8 Å². The van der Waals surface area contributed by atoms with E-state index in [4.69, 9.17) is 5.73 Å². The van der Waals surface area contributed by atoms with E-state index in [1.54, 1.807) is 0 Å². The highest BCUT2D eigenvalue weighted by Crippen LogP contribution is 2.33. The monoisotopic (exact) mass is 247 g/mol. The summed E-state index contributed by atoms with van der Waals surface area (Å²) in [6, 6.07) is 10.00. The standard InChI is InChI=1S/C15H25N3/c1-11(2)18-10-9-14(16)15(18)12-5-7-13(8-6-12)17(3)4/h5-8,11,14-15H,9-10,16H2,1-4H3/t14-,15+/m1/s1. The molecule has 0 spiro atoms. The first-order valence-electron chi connectivity index (χ1n) is 6.79. The number of benzene rings is 1. The quantitative estimate of drug-likeness (QED) is 0.889. The van der Waals surface area contributed by atoms with Crippen LogP contribution >= 0.6 is 0 Å². The molecule has 3 nitrogen and oxygen atoms in total. The fourth-order valence-corrected chi connectivity index (χ4v) is 2.83. The van der Waals surface area contributed by atoms with Crippen molar-refractivity contribution >= 4 is 5.69 Å². The minimum absolute atomic E-state index is 0.262. The average molecular weight is 247 g/mol. The Bertz CT molecular complexity index is 383. The maximum atomic E-state index is 6.28. The molecule has 0 saturated carbocycles. The molecule has 1 aromatic carbocycles. The van der Waals surface area contributed by atoms with Crippen LogP contribution in [0, 0.1) is 0 Å². The zero-order valence-corrected chi connectivity index (χ0v) is 11.9. The number of nitrogens with two attached hydrogens (primary N) is 1. The van der Waals surface area contributed by atoms with Crippen LogP contribution in [0.15, 0.2) is 24.3 Å². The first-order chi connectivity index (χ1) is 8.50. The highest BCUT2D eigenvalue weighted by atomic mass is 15.2. The summed E-state index contributed by atoms with van der Waals surface area (Å²) in [7, 11) is 4.13. The second kappa shape index (κ2) is 5.29. The van der Waals surface area contributed by atoms with Crippen molar-refractivity contribution in [1.82, 2.24) is 4.90 Å². The number of nitrogens with zero attached hydrogens (tertiary/aromatic N) is 2. The SMILES string of the molecule is CC(C)N1CC[C@@H](N)[C@@H]1c1ccc(N(C)C)cc1. The number of anilines is 1. The van der Waals surface area contributed by atoms with Gasteiger partial charge in [-0.15, -0.1) is 0 Å². The van der Waals surface area contributed by atoms with Crippen molar-refractivity contribution in [3.63, 3.8) is 0 Å².